The third kappa shape index (κ3) is 4.82. The number of rotatable bonds is 6. The third-order valence-corrected chi connectivity index (χ3v) is 4.32. The molecule has 8 heteroatoms. The molecule has 0 saturated carbocycles. The lowest BCUT2D eigenvalue weighted by Gasteiger charge is -2.12. The van der Waals surface area contributed by atoms with Crippen molar-refractivity contribution in [2.45, 2.75) is 30.7 Å². The van der Waals surface area contributed by atoms with Gasteiger partial charge in [0.05, 0.1) is 35.8 Å². The maximum atomic E-state index is 12.1. The van der Waals surface area contributed by atoms with E-state index in [2.05, 4.69) is 20.3 Å². The van der Waals surface area contributed by atoms with Crippen LogP contribution in [0.15, 0.2) is 34.3 Å². The second kappa shape index (κ2) is 7.77. The number of ether oxygens (including phenoxy) is 1. The molecule has 2 rings (SSSR count). The Morgan fingerprint density at radius 1 is 1.39 bits per heavy atom. The van der Waals surface area contributed by atoms with Gasteiger partial charge in [-0.05, 0) is 31.5 Å². The van der Waals surface area contributed by atoms with Crippen LogP contribution >= 0.6 is 11.8 Å². The van der Waals surface area contributed by atoms with E-state index in [4.69, 9.17) is 4.74 Å². The molecule has 0 aliphatic carbocycles. The van der Waals surface area contributed by atoms with Crippen molar-refractivity contribution in [3.05, 3.63) is 46.3 Å². The van der Waals surface area contributed by atoms with Crippen molar-refractivity contribution in [2.75, 3.05) is 7.11 Å². The average molecular weight is 334 g/mol. The zero-order valence-corrected chi connectivity index (χ0v) is 13.9. The number of pyridine rings is 1. The Kier molecular flexibility index (Phi) is 5.75. The Labute approximate surface area is 137 Å². The van der Waals surface area contributed by atoms with E-state index in [9.17, 15) is 9.59 Å². The zero-order valence-electron chi connectivity index (χ0n) is 13.1. The first-order valence-electron chi connectivity index (χ1n) is 6.99. The standard InChI is InChI=1S/C15H18N4O3S/c1-9-6-18-15(21)19-14(9)23-10(2)13(20)17-7-11-4-5-12(22-3)8-16-11/h4-6,8,10H,7H2,1-3H3,(H,17,20)(H,18,19,21). The normalized spacial score (nSPS) is 11.8. The SMILES string of the molecule is COc1ccc(CNC(=O)C(C)Sc2[nH]c(=O)ncc2C)nc1. The van der Waals surface area contributed by atoms with E-state index in [0.29, 0.717) is 17.3 Å². The number of aryl methyl sites for hydroxylation is 1. The maximum Gasteiger partial charge on any atom is 0.345 e. The number of carbonyl (C=O) groups is 1. The highest BCUT2D eigenvalue weighted by atomic mass is 32.2. The summed E-state index contributed by atoms with van der Waals surface area (Å²) >= 11 is 1.29. The molecule has 2 aromatic rings. The summed E-state index contributed by atoms with van der Waals surface area (Å²) in [4.78, 5) is 33.9. The minimum atomic E-state index is -0.423. The molecule has 1 unspecified atom stereocenters. The lowest BCUT2D eigenvalue weighted by atomic mass is 10.3. The zero-order chi connectivity index (χ0) is 16.8. The summed E-state index contributed by atoms with van der Waals surface area (Å²) in [6, 6.07) is 3.58. The Balaban J connectivity index is 1.91. The van der Waals surface area contributed by atoms with Gasteiger partial charge < -0.3 is 15.0 Å². The molecule has 0 saturated heterocycles. The summed E-state index contributed by atoms with van der Waals surface area (Å²) in [6.07, 6.45) is 3.10. The molecule has 23 heavy (non-hydrogen) atoms. The van der Waals surface area contributed by atoms with Gasteiger partial charge in [-0.3, -0.25) is 9.78 Å². The van der Waals surface area contributed by atoms with E-state index in [1.165, 1.54) is 18.0 Å². The number of carbonyl (C=O) groups excluding carboxylic acids is 1. The first kappa shape index (κ1) is 17.0. The molecule has 7 nitrogen and oxygen atoms in total. The highest BCUT2D eigenvalue weighted by molar-refractivity contribution is 8.00. The molecule has 2 N–H and O–H groups in total. The van der Waals surface area contributed by atoms with Gasteiger partial charge in [0.1, 0.15) is 5.75 Å². The number of methoxy groups -OCH3 is 1. The summed E-state index contributed by atoms with van der Waals surface area (Å²) in [7, 11) is 1.57. The van der Waals surface area contributed by atoms with Crippen molar-refractivity contribution in [1.29, 1.82) is 0 Å². The van der Waals surface area contributed by atoms with Crippen LogP contribution in [0.25, 0.3) is 0 Å². The molecule has 0 aliphatic rings. The van der Waals surface area contributed by atoms with Gasteiger partial charge in [-0.1, -0.05) is 11.8 Å². The minimum Gasteiger partial charge on any atom is -0.495 e. The Bertz CT molecular complexity index is 730. The fourth-order valence-corrected chi connectivity index (χ4v) is 2.68. The van der Waals surface area contributed by atoms with E-state index < -0.39 is 5.69 Å². The first-order valence-corrected chi connectivity index (χ1v) is 7.86. The molecular weight excluding hydrogens is 316 g/mol. The average Bonchev–Trinajstić information content (AvgIpc) is 2.56. The number of aromatic amines is 1. The summed E-state index contributed by atoms with van der Waals surface area (Å²) in [5, 5.41) is 3.11. The van der Waals surface area contributed by atoms with Crippen LogP contribution in [-0.2, 0) is 11.3 Å². The van der Waals surface area contributed by atoms with Gasteiger partial charge in [-0.15, -0.1) is 0 Å². The van der Waals surface area contributed by atoms with Crippen LogP contribution in [0.5, 0.6) is 5.75 Å². The fourth-order valence-electron chi connectivity index (χ4n) is 1.75. The van der Waals surface area contributed by atoms with Crippen LogP contribution in [0.3, 0.4) is 0 Å². The maximum absolute atomic E-state index is 12.1. The number of thioether (sulfide) groups is 1. The molecule has 1 atom stereocenters. The molecular formula is C15H18N4O3S. The minimum absolute atomic E-state index is 0.135. The Hall–Kier alpha value is -2.35. The lowest BCUT2D eigenvalue weighted by molar-refractivity contribution is -0.120. The van der Waals surface area contributed by atoms with Gasteiger partial charge in [0.15, 0.2) is 0 Å². The summed E-state index contributed by atoms with van der Waals surface area (Å²) in [6.45, 7) is 3.94. The number of nitrogens with zero attached hydrogens (tertiary/aromatic N) is 2. The van der Waals surface area contributed by atoms with Crippen molar-refractivity contribution in [1.82, 2.24) is 20.3 Å². The first-order chi connectivity index (χ1) is 11.0. The van der Waals surface area contributed by atoms with Crippen LogP contribution in [0.4, 0.5) is 0 Å². The number of H-pyrrole nitrogens is 1. The highest BCUT2D eigenvalue weighted by Gasteiger charge is 2.16. The third-order valence-electron chi connectivity index (χ3n) is 3.09. The predicted octanol–water partition coefficient (Wildman–Crippen LogP) is 1.28. The Morgan fingerprint density at radius 2 is 2.17 bits per heavy atom. The molecule has 0 aromatic carbocycles. The van der Waals surface area contributed by atoms with E-state index in [1.807, 2.05) is 6.92 Å². The predicted molar refractivity (Wildman–Crippen MR) is 87.5 cm³/mol. The second-order valence-electron chi connectivity index (χ2n) is 4.87. The van der Waals surface area contributed by atoms with E-state index in [-0.39, 0.29) is 11.2 Å². The monoisotopic (exact) mass is 334 g/mol. The molecule has 0 spiro atoms. The van der Waals surface area contributed by atoms with Crippen molar-refractivity contribution in [3.63, 3.8) is 0 Å². The molecule has 1 amide bonds. The van der Waals surface area contributed by atoms with Gasteiger partial charge in [-0.25, -0.2) is 9.78 Å². The van der Waals surface area contributed by atoms with Gasteiger partial charge in [-0.2, -0.15) is 0 Å². The summed E-state index contributed by atoms with van der Waals surface area (Å²) < 4.78 is 5.03. The summed E-state index contributed by atoms with van der Waals surface area (Å²) in [5.41, 5.74) is 1.14. The number of aromatic nitrogens is 3. The number of hydrogen-bond donors (Lipinski definition) is 2. The van der Waals surface area contributed by atoms with Crippen molar-refractivity contribution in [2.24, 2.45) is 0 Å². The van der Waals surface area contributed by atoms with E-state index in [0.717, 1.165) is 11.3 Å². The quantitative estimate of drug-likeness (QED) is 0.610. The lowest BCUT2D eigenvalue weighted by Crippen LogP contribution is -2.31. The van der Waals surface area contributed by atoms with E-state index in [1.54, 1.807) is 32.4 Å². The van der Waals surface area contributed by atoms with Crippen molar-refractivity contribution < 1.29 is 9.53 Å². The molecule has 0 radical (unpaired) electrons. The van der Waals surface area contributed by atoms with Crippen LogP contribution in [0.1, 0.15) is 18.2 Å². The van der Waals surface area contributed by atoms with Gasteiger partial charge in [0.2, 0.25) is 5.91 Å². The largest absolute Gasteiger partial charge is 0.495 e. The molecule has 0 bridgehead atoms. The molecule has 0 aliphatic heterocycles. The molecule has 2 heterocycles. The van der Waals surface area contributed by atoms with E-state index >= 15 is 0 Å². The second-order valence-corrected chi connectivity index (χ2v) is 6.22. The summed E-state index contributed by atoms with van der Waals surface area (Å²) in [5.74, 6) is 0.533. The van der Waals surface area contributed by atoms with Gasteiger partial charge >= 0.3 is 5.69 Å². The van der Waals surface area contributed by atoms with Crippen molar-refractivity contribution >= 4 is 17.7 Å². The Morgan fingerprint density at radius 3 is 2.83 bits per heavy atom. The van der Waals surface area contributed by atoms with Gasteiger partial charge in [0, 0.05) is 6.20 Å². The smallest absolute Gasteiger partial charge is 0.345 e. The molecule has 2 aromatic heterocycles. The van der Waals surface area contributed by atoms with Crippen LogP contribution in [-0.4, -0.2) is 33.2 Å². The molecule has 122 valence electrons. The number of nitrogens with one attached hydrogen (secondary N) is 2. The topological polar surface area (TPSA) is 97.0 Å². The van der Waals surface area contributed by atoms with Crippen LogP contribution in [0.2, 0.25) is 0 Å². The number of hydrogen-bond acceptors (Lipinski definition) is 6. The fraction of sp³-hybridized carbons (Fsp3) is 0.333. The highest BCUT2D eigenvalue weighted by Crippen LogP contribution is 2.22. The number of amides is 1. The van der Waals surface area contributed by atoms with Gasteiger partial charge in [0.25, 0.3) is 0 Å². The molecule has 0 fully saturated rings. The van der Waals surface area contributed by atoms with Crippen LogP contribution in [0, 0.1) is 6.92 Å². The van der Waals surface area contributed by atoms with Crippen molar-refractivity contribution in [3.8, 4) is 5.75 Å². The van der Waals surface area contributed by atoms with Crippen LogP contribution < -0.4 is 15.7 Å².